The highest BCUT2D eigenvalue weighted by atomic mass is 16.6. The van der Waals surface area contributed by atoms with E-state index in [0.717, 1.165) is 0 Å². The molecular weight excluding hydrogens is 306 g/mol. The van der Waals surface area contributed by atoms with Crippen molar-refractivity contribution in [3.8, 4) is 6.07 Å². The third-order valence-electron chi connectivity index (χ3n) is 2.71. The molecule has 0 aliphatic heterocycles. The number of aromatic nitrogens is 1. The molecule has 1 aromatic heterocycles. The van der Waals surface area contributed by atoms with Crippen LogP contribution in [0.3, 0.4) is 0 Å². The molecule has 1 aromatic rings. The fourth-order valence-corrected chi connectivity index (χ4v) is 1.71. The molecular formula is C18H23N3O3. The lowest BCUT2D eigenvalue weighted by molar-refractivity contribution is 0.184. The van der Waals surface area contributed by atoms with Gasteiger partial charge >= 0.3 is 6.09 Å². The van der Waals surface area contributed by atoms with E-state index in [2.05, 4.69) is 29.5 Å². The maximum atomic E-state index is 11.9. The van der Waals surface area contributed by atoms with Crippen molar-refractivity contribution in [1.29, 1.82) is 5.26 Å². The number of hydrogen-bond acceptors (Lipinski definition) is 5. The molecule has 24 heavy (non-hydrogen) atoms. The Hall–Kier alpha value is -2.91. The van der Waals surface area contributed by atoms with Crippen LogP contribution < -0.4 is 5.32 Å². The molecule has 0 unspecified atom stereocenters. The van der Waals surface area contributed by atoms with E-state index in [1.165, 1.54) is 31.5 Å². The summed E-state index contributed by atoms with van der Waals surface area (Å²) in [6.45, 7) is 12.9. The van der Waals surface area contributed by atoms with Crippen molar-refractivity contribution in [3.05, 3.63) is 60.2 Å². The van der Waals surface area contributed by atoms with Crippen LogP contribution >= 0.6 is 0 Å². The number of methoxy groups -OCH3 is 1. The molecule has 1 amide bonds. The topological polar surface area (TPSA) is 84.2 Å². The van der Waals surface area contributed by atoms with Crippen LogP contribution in [0.5, 0.6) is 0 Å². The second-order valence-corrected chi connectivity index (χ2v) is 4.18. The van der Waals surface area contributed by atoms with Crippen LogP contribution in [0.15, 0.2) is 43.3 Å². The summed E-state index contributed by atoms with van der Waals surface area (Å²) in [5.74, 6) is 0.251. The van der Waals surface area contributed by atoms with E-state index in [-0.39, 0.29) is 12.4 Å². The van der Waals surface area contributed by atoms with E-state index in [1.54, 1.807) is 6.92 Å². The van der Waals surface area contributed by atoms with Crippen LogP contribution in [0.2, 0.25) is 0 Å². The Balaban J connectivity index is 0.00000254. The molecule has 0 atom stereocenters. The average Bonchev–Trinajstić information content (AvgIpc) is 2.59. The third-order valence-corrected chi connectivity index (χ3v) is 2.71. The predicted molar refractivity (Wildman–Crippen MR) is 94.3 cm³/mol. The van der Waals surface area contributed by atoms with Gasteiger partial charge in [0.25, 0.3) is 0 Å². The minimum absolute atomic E-state index is 0.165. The first-order chi connectivity index (χ1) is 11.6. The number of carbonyl (C=O) groups is 1. The van der Waals surface area contributed by atoms with Gasteiger partial charge in [0.2, 0.25) is 0 Å². The Kier molecular flexibility index (Phi) is 10.2. The molecule has 6 heteroatoms. The van der Waals surface area contributed by atoms with E-state index >= 15 is 0 Å². The van der Waals surface area contributed by atoms with Gasteiger partial charge in [0.1, 0.15) is 11.8 Å². The molecule has 0 spiro atoms. The third kappa shape index (κ3) is 6.07. The molecule has 1 rings (SSSR count). The first-order valence-corrected chi connectivity index (χ1v) is 7.38. The Morgan fingerprint density at radius 3 is 2.62 bits per heavy atom. The maximum Gasteiger partial charge on any atom is 0.417 e. The highest BCUT2D eigenvalue weighted by Crippen LogP contribution is 2.22. The van der Waals surface area contributed by atoms with Crippen molar-refractivity contribution in [1.82, 2.24) is 4.98 Å². The summed E-state index contributed by atoms with van der Waals surface area (Å²) in [5.41, 5.74) is 1.83. The van der Waals surface area contributed by atoms with Gasteiger partial charge in [0.05, 0.1) is 29.7 Å². The summed E-state index contributed by atoms with van der Waals surface area (Å²) in [6.07, 6.45) is 5.08. The highest BCUT2D eigenvalue weighted by Gasteiger charge is 2.15. The van der Waals surface area contributed by atoms with E-state index < -0.39 is 6.09 Å². The number of nitrogens with one attached hydrogen (secondary N) is 1. The number of hydrogen-bond donors (Lipinski definition) is 1. The second-order valence-electron chi connectivity index (χ2n) is 4.18. The zero-order valence-corrected chi connectivity index (χ0v) is 14.5. The molecule has 128 valence electrons. The lowest BCUT2D eigenvalue weighted by atomic mass is 10.1. The van der Waals surface area contributed by atoms with Gasteiger partial charge in [-0.25, -0.2) is 4.79 Å². The molecule has 6 nitrogen and oxygen atoms in total. The normalized spacial score (nSPS) is 9.88. The summed E-state index contributed by atoms with van der Waals surface area (Å²) >= 11 is 0. The largest absolute Gasteiger partial charge is 0.417 e. The zero-order chi connectivity index (χ0) is 18.5. The number of nitrogens with zero attached hydrogens (tertiary/aromatic N) is 2. The minimum Gasteiger partial charge on any atom is -0.410 e. The zero-order valence-electron chi connectivity index (χ0n) is 14.5. The summed E-state index contributed by atoms with van der Waals surface area (Å²) in [7, 11) is 1.50. The Labute approximate surface area is 143 Å². The Morgan fingerprint density at radius 1 is 1.46 bits per heavy atom. The van der Waals surface area contributed by atoms with Crippen LogP contribution in [-0.4, -0.2) is 18.2 Å². The van der Waals surface area contributed by atoms with Crippen LogP contribution in [-0.2, 0) is 16.1 Å². The monoisotopic (exact) mass is 329 g/mol. The van der Waals surface area contributed by atoms with E-state index in [4.69, 9.17) is 9.47 Å². The Morgan fingerprint density at radius 2 is 2.12 bits per heavy atom. The number of aryl methyl sites for hydroxylation is 1. The van der Waals surface area contributed by atoms with E-state index in [0.29, 0.717) is 22.5 Å². The molecule has 0 bridgehead atoms. The van der Waals surface area contributed by atoms with Crippen LogP contribution in [0.4, 0.5) is 10.5 Å². The first kappa shape index (κ1) is 21.1. The van der Waals surface area contributed by atoms with Gasteiger partial charge in [0, 0.05) is 12.7 Å². The molecule has 0 saturated heterocycles. The van der Waals surface area contributed by atoms with Gasteiger partial charge in [-0.3, -0.25) is 10.3 Å². The first-order valence-electron chi connectivity index (χ1n) is 7.38. The molecule has 1 heterocycles. The molecule has 0 fully saturated rings. The summed E-state index contributed by atoms with van der Waals surface area (Å²) < 4.78 is 10.1. The number of ether oxygens (including phenoxy) is 2. The van der Waals surface area contributed by atoms with Crippen molar-refractivity contribution in [3.63, 3.8) is 0 Å². The number of amides is 1. The smallest absolute Gasteiger partial charge is 0.410 e. The molecule has 0 aromatic carbocycles. The SMILES string of the molecule is C=C/C=C(\C=C)OC(=O)Nc1cnc(C)c(C#N)c1COC.CC. The molecule has 0 radical (unpaired) electrons. The van der Waals surface area contributed by atoms with Crippen molar-refractivity contribution in [2.45, 2.75) is 27.4 Å². The predicted octanol–water partition coefficient (Wildman–Crippen LogP) is 4.24. The molecule has 1 N–H and O–H groups in total. The van der Waals surface area contributed by atoms with Crippen LogP contribution in [0.25, 0.3) is 0 Å². The van der Waals surface area contributed by atoms with E-state index in [1.807, 2.05) is 13.8 Å². The van der Waals surface area contributed by atoms with Crippen LogP contribution in [0, 0.1) is 18.3 Å². The van der Waals surface area contributed by atoms with Gasteiger partial charge in [0.15, 0.2) is 0 Å². The number of allylic oxidation sites excluding steroid dienone is 3. The molecule has 0 aliphatic rings. The fraction of sp³-hybridized carbons (Fsp3) is 0.278. The quantitative estimate of drug-likeness (QED) is 0.623. The van der Waals surface area contributed by atoms with Crippen molar-refractivity contribution in [2.75, 3.05) is 12.4 Å². The van der Waals surface area contributed by atoms with Gasteiger partial charge in [-0.1, -0.05) is 33.1 Å². The van der Waals surface area contributed by atoms with E-state index in [9.17, 15) is 10.1 Å². The standard InChI is InChI=1S/C16H17N3O3.C2H6/c1-5-7-12(6-2)22-16(20)19-15-9-18-11(3)13(8-17)14(15)10-21-4;1-2/h5-7,9H,1-2,10H2,3-4H3,(H,19,20);1-2H3/b12-7+;. The maximum absolute atomic E-state index is 11.9. The van der Waals surface area contributed by atoms with Gasteiger partial charge < -0.3 is 9.47 Å². The summed E-state index contributed by atoms with van der Waals surface area (Å²) in [6, 6.07) is 2.06. The number of pyridine rings is 1. The number of carbonyl (C=O) groups excluding carboxylic acids is 1. The van der Waals surface area contributed by atoms with Gasteiger partial charge in [-0.15, -0.1) is 0 Å². The Bertz CT molecular complexity index is 658. The van der Waals surface area contributed by atoms with Gasteiger partial charge in [-0.2, -0.15) is 5.26 Å². The highest BCUT2D eigenvalue weighted by molar-refractivity contribution is 5.86. The second kappa shape index (κ2) is 11.6. The van der Waals surface area contributed by atoms with Crippen molar-refractivity contribution < 1.29 is 14.3 Å². The van der Waals surface area contributed by atoms with Crippen molar-refractivity contribution >= 4 is 11.8 Å². The molecule has 0 aliphatic carbocycles. The lowest BCUT2D eigenvalue weighted by Crippen LogP contribution is -2.16. The lowest BCUT2D eigenvalue weighted by Gasteiger charge is -2.13. The molecule has 0 saturated carbocycles. The number of anilines is 1. The minimum atomic E-state index is -0.722. The fourth-order valence-electron chi connectivity index (χ4n) is 1.71. The summed E-state index contributed by atoms with van der Waals surface area (Å²) in [4.78, 5) is 16.0. The number of rotatable bonds is 6. The summed E-state index contributed by atoms with van der Waals surface area (Å²) in [5, 5.41) is 11.8. The number of nitriles is 1. The van der Waals surface area contributed by atoms with Crippen molar-refractivity contribution in [2.24, 2.45) is 0 Å². The average molecular weight is 329 g/mol. The van der Waals surface area contributed by atoms with Crippen LogP contribution in [0.1, 0.15) is 30.7 Å². The van der Waals surface area contributed by atoms with Gasteiger partial charge in [-0.05, 0) is 19.1 Å².